The molecule has 0 fully saturated rings. The van der Waals surface area contributed by atoms with Gasteiger partial charge in [0.25, 0.3) is 5.91 Å². The number of rotatable bonds is 11. The second-order valence-corrected chi connectivity index (χ2v) is 8.84. The maximum absolute atomic E-state index is 13.5. The van der Waals surface area contributed by atoms with Crippen molar-refractivity contribution >= 4 is 35.0 Å². The molecule has 5 nitrogen and oxygen atoms in total. The lowest BCUT2D eigenvalue weighted by molar-refractivity contribution is -0.142. The average molecular weight is 517 g/mol. The third kappa shape index (κ3) is 7.98. The van der Waals surface area contributed by atoms with Gasteiger partial charge in [-0.2, -0.15) is 0 Å². The number of nitrogens with zero attached hydrogens (tertiary/aromatic N) is 1. The molecule has 0 radical (unpaired) electrons. The van der Waals surface area contributed by atoms with Gasteiger partial charge < -0.3 is 15.0 Å². The summed E-state index contributed by atoms with van der Waals surface area (Å²) in [4.78, 5) is 28.2. The molecule has 0 saturated heterocycles. The quantitative estimate of drug-likeness (QED) is 0.356. The standard InChI is InChI=1S/C27H27Cl2FN2O3/c1-2-14-31-27(34)25(15-19-6-4-3-5-7-19)32(17-20-8-9-21(28)16-24(20)29)26(33)18-35-23-12-10-22(30)11-13-23/h3-13,16,25H,2,14-15,17-18H2,1H3,(H,31,34). The Balaban J connectivity index is 1.91. The number of hydrogen-bond donors (Lipinski definition) is 1. The van der Waals surface area contributed by atoms with Crippen LogP contribution in [0.25, 0.3) is 0 Å². The molecular formula is C27H27Cl2FN2O3. The fourth-order valence-corrected chi connectivity index (χ4v) is 3.98. The van der Waals surface area contributed by atoms with Gasteiger partial charge in [0.2, 0.25) is 5.91 Å². The van der Waals surface area contributed by atoms with E-state index < -0.39 is 17.8 Å². The first-order valence-electron chi connectivity index (χ1n) is 11.3. The molecule has 0 spiro atoms. The van der Waals surface area contributed by atoms with Crippen molar-refractivity contribution in [2.75, 3.05) is 13.2 Å². The summed E-state index contributed by atoms with van der Waals surface area (Å²) in [6, 6.07) is 19.1. The molecule has 2 amide bonds. The zero-order chi connectivity index (χ0) is 25.2. The summed E-state index contributed by atoms with van der Waals surface area (Å²) < 4.78 is 18.8. The second-order valence-electron chi connectivity index (χ2n) is 8.00. The lowest BCUT2D eigenvalue weighted by Gasteiger charge is -2.31. The van der Waals surface area contributed by atoms with Crippen LogP contribution in [0.5, 0.6) is 5.75 Å². The number of nitrogens with one attached hydrogen (secondary N) is 1. The molecular weight excluding hydrogens is 490 g/mol. The molecule has 0 bridgehead atoms. The smallest absolute Gasteiger partial charge is 0.261 e. The number of ether oxygens (including phenoxy) is 1. The fraction of sp³-hybridized carbons (Fsp3) is 0.259. The van der Waals surface area contributed by atoms with Crippen LogP contribution in [0.1, 0.15) is 24.5 Å². The molecule has 3 aromatic carbocycles. The molecule has 1 N–H and O–H groups in total. The van der Waals surface area contributed by atoms with Crippen molar-refractivity contribution in [1.82, 2.24) is 10.2 Å². The van der Waals surface area contributed by atoms with Crippen LogP contribution < -0.4 is 10.1 Å². The fourth-order valence-electron chi connectivity index (χ4n) is 3.51. The predicted octanol–water partition coefficient (Wildman–Crippen LogP) is 5.68. The predicted molar refractivity (Wildman–Crippen MR) is 136 cm³/mol. The highest BCUT2D eigenvalue weighted by molar-refractivity contribution is 6.35. The Morgan fingerprint density at radius 3 is 2.40 bits per heavy atom. The van der Waals surface area contributed by atoms with Gasteiger partial charge in [-0.1, -0.05) is 66.5 Å². The topological polar surface area (TPSA) is 58.6 Å². The Kier molecular flexibility index (Phi) is 9.94. The Hall–Kier alpha value is -3.09. The molecule has 1 unspecified atom stereocenters. The minimum atomic E-state index is -0.806. The lowest BCUT2D eigenvalue weighted by Crippen LogP contribution is -2.51. The van der Waals surface area contributed by atoms with Crippen LogP contribution in [0, 0.1) is 5.82 Å². The average Bonchev–Trinajstić information content (AvgIpc) is 2.86. The molecule has 3 aromatic rings. The lowest BCUT2D eigenvalue weighted by atomic mass is 10.0. The Bertz CT molecular complexity index is 1130. The largest absolute Gasteiger partial charge is 0.484 e. The molecule has 1 atom stereocenters. The van der Waals surface area contributed by atoms with E-state index in [1.807, 2.05) is 37.3 Å². The Morgan fingerprint density at radius 2 is 1.74 bits per heavy atom. The summed E-state index contributed by atoms with van der Waals surface area (Å²) in [7, 11) is 0. The summed E-state index contributed by atoms with van der Waals surface area (Å²) in [6.07, 6.45) is 1.07. The molecule has 35 heavy (non-hydrogen) atoms. The number of amides is 2. The van der Waals surface area contributed by atoms with Gasteiger partial charge in [0.1, 0.15) is 17.6 Å². The van der Waals surface area contributed by atoms with Gasteiger partial charge >= 0.3 is 0 Å². The molecule has 0 aromatic heterocycles. The van der Waals surface area contributed by atoms with E-state index in [1.165, 1.54) is 29.2 Å². The Morgan fingerprint density at radius 1 is 1.03 bits per heavy atom. The van der Waals surface area contributed by atoms with Crippen LogP contribution >= 0.6 is 23.2 Å². The van der Waals surface area contributed by atoms with E-state index in [0.717, 1.165) is 12.0 Å². The van der Waals surface area contributed by atoms with Crippen molar-refractivity contribution in [3.63, 3.8) is 0 Å². The second kappa shape index (κ2) is 13.1. The zero-order valence-electron chi connectivity index (χ0n) is 19.3. The van der Waals surface area contributed by atoms with E-state index >= 15 is 0 Å². The van der Waals surface area contributed by atoms with E-state index in [1.54, 1.807) is 18.2 Å². The molecule has 8 heteroatoms. The highest BCUT2D eigenvalue weighted by atomic mass is 35.5. The van der Waals surface area contributed by atoms with Gasteiger partial charge in [-0.3, -0.25) is 9.59 Å². The summed E-state index contributed by atoms with van der Waals surface area (Å²) in [5.74, 6) is -0.735. The van der Waals surface area contributed by atoms with Gasteiger partial charge in [-0.05, 0) is 53.9 Å². The van der Waals surface area contributed by atoms with Crippen LogP contribution in [0.15, 0.2) is 72.8 Å². The third-order valence-electron chi connectivity index (χ3n) is 5.35. The van der Waals surface area contributed by atoms with Crippen molar-refractivity contribution in [3.05, 3.63) is 99.8 Å². The van der Waals surface area contributed by atoms with E-state index in [4.69, 9.17) is 27.9 Å². The molecule has 3 rings (SSSR count). The van der Waals surface area contributed by atoms with Gasteiger partial charge in [0, 0.05) is 29.6 Å². The summed E-state index contributed by atoms with van der Waals surface area (Å²) in [6.45, 7) is 2.20. The van der Waals surface area contributed by atoms with Crippen LogP contribution in [0.3, 0.4) is 0 Å². The van der Waals surface area contributed by atoms with Gasteiger partial charge in [0.05, 0.1) is 0 Å². The van der Waals surface area contributed by atoms with Crippen molar-refractivity contribution < 1.29 is 18.7 Å². The van der Waals surface area contributed by atoms with E-state index in [9.17, 15) is 14.0 Å². The van der Waals surface area contributed by atoms with Crippen molar-refractivity contribution in [1.29, 1.82) is 0 Å². The monoisotopic (exact) mass is 516 g/mol. The molecule has 0 heterocycles. The summed E-state index contributed by atoms with van der Waals surface area (Å²) in [5.41, 5.74) is 1.55. The number of hydrogen-bond acceptors (Lipinski definition) is 3. The maximum atomic E-state index is 13.5. The molecule has 0 saturated carbocycles. The van der Waals surface area contributed by atoms with Gasteiger partial charge in [-0.25, -0.2) is 4.39 Å². The van der Waals surface area contributed by atoms with E-state index in [2.05, 4.69) is 5.32 Å². The molecule has 0 aliphatic carbocycles. The van der Waals surface area contributed by atoms with Crippen LogP contribution in [-0.4, -0.2) is 35.9 Å². The summed E-state index contributed by atoms with van der Waals surface area (Å²) in [5, 5.41) is 3.77. The third-order valence-corrected chi connectivity index (χ3v) is 5.94. The maximum Gasteiger partial charge on any atom is 0.261 e. The van der Waals surface area contributed by atoms with Crippen LogP contribution in [-0.2, 0) is 22.6 Å². The normalized spacial score (nSPS) is 11.5. The number of benzene rings is 3. The highest BCUT2D eigenvalue weighted by Crippen LogP contribution is 2.24. The zero-order valence-corrected chi connectivity index (χ0v) is 20.9. The highest BCUT2D eigenvalue weighted by Gasteiger charge is 2.31. The van der Waals surface area contributed by atoms with Crippen LogP contribution in [0.4, 0.5) is 4.39 Å². The number of carbonyl (C=O) groups excluding carboxylic acids is 2. The first-order chi connectivity index (χ1) is 16.9. The first kappa shape index (κ1) is 26.5. The Labute approximate surface area is 214 Å². The van der Waals surface area contributed by atoms with Gasteiger partial charge in [0.15, 0.2) is 6.61 Å². The minimum absolute atomic E-state index is 0.0820. The molecule has 184 valence electrons. The van der Waals surface area contributed by atoms with Gasteiger partial charge in [-0.15, -0.1) is 0 Å². The number of carbonyl (C=O) groups is 2. The SMILES string of the molecule is CCCNC(=O)C(Cc1ccccc1)N(Cc1ccc(Cl)cc1Cl)C(=O)COc1ccc(F)cc1. The number of halogens is 3. The van der Waals surface area contributed by atoms with Crippen molar-refractivity contribution in [2.24, 2.45) is 0 Å². The minimum Gasteiger partial charge on any atom is -0.484 e. The van der Waals surface area contributed by atoms with E-state index in [-0.39, 0.29) is 19.1 Å². The van der Waals surface area contributed by atoms with Crippen LogP contribution in [0.2, 0.25) is 10.0 Å². The van der Waals surface area contributed by atoms with Crippen molar-refractivity contribution in [3.8, 4) is 5.75 Å². The van der Waals surface area contributed by atoms with E-state index in [0.29, 0.717) is 34.3 Å². The van der Waals surface area contributed by atoms with Crippen molar-refractivity contribution in [2.45, 2.75) is 32.4 Å². The summed E-state index contributed by atoms with van der Waals surface area (Å²) >= 11 is 12.5. The first-order valence-corrected chi connectivity index (χ1v) is 12.1. The molecule has 0 aliphatic rings. The molecule has 0 aliphatic heterocycles.